The van der Waals surface area contributed by atoms with E-state index in [1.54, 1.807) is 0 Å². The van der Waals surface area contributed by atoms with Crippen LogP contribution < -0.4 is 5.32 Å². The Bertz CT molecular complexity index is 1140. The number of fused-ring (bicyclic) bond motifs is 1. The van der Waals surface area contributed by atoms with Crippen LogP contribution >= 0.6 is 0 Å². The van der Waals surface area contributed by atoms with E-state index in [0.717, 1.165) is 11.6 Å². The molecule has 2 heterocycles. The van der Waals surface area contributed by atoms with Gasteiger partial charge >= 0.3 is 6.18 Å². The van der Waals surface area contributed by atoms with E-state index in [1.165, 1.54) is 33.8 Å². The van der Waals surface area contributed by atoms with Gasteiger partial charge in [-0.2, -0.15) is 18.3 Å². The number of halogens is 3. The molecule has 32 heavy (non-hydrogen) atoms. The lowest BCUT2D eigenvalue weighted by atomic mass is 10.1. The number of alkyl halides is 3. The van der Waals surface area contributed by atoms with Gasteiger partial charge in [-0.05, 0) is 24.1 Å². The van der Waals surface area contributed by atoms with Gasteiger partial charge in [-0.15, -0.1) is 0 Å². The maximum atomic E-state index is 13.3. The summed E-state index contributed by atoms with van der Waals surface area (Å²) in [5.41, 5.74) is 0.458. The molecule has 0 saturated carbocycles. The molecule has 166 valence electrons. The summed E-state index contributed by atoms with van der Waals surface area (Å²) in [4.78, 5) is 26.9. The summed E-state index contributed by atoms with van der Waals surface area (Å²) >= 11 is 0. The van der Waals surface area contributed by atoms with Crippen molar-refractivity contribution in [2.45, 2.75) is 32.2 Å². The van der Waals surface area contributed by atoms with Crippen LogP contribution in [0.3, 0.4) is 0 Å². The molecule has 0 spiro atoms. The third kappa shape index (κ3) is 4.37. The lowest BCUT2D eigenvalue weighted by molar-refractivity contribution is -0.138. The van der Waals surface area contributed by atoms with Crippen molar-refractivity contribution < 1.29 is 22.8 Å². The molecule has 1 aliphatic rings. The summed E-state index contributed by atoms with van der Waals surface area (Å²) in [6.45, 7) is 2.15. The predicted molar refractivity (Wildman–Crippen MR) is 111 cm³/mol. The van der Waals surface area contributed by atoms with E-state index in [4.69, 9.17) is 0 Å². The molecule has 0 fully saturated rings. The third-order valence-corrected chi connectivity index (χ3v) is 5.43. The van der Waals surface area contributed by atoms with Crippen LogP contribution in [-0.4, -0.2) is 33.0 Å². The van der Waals surface area contributed by atoms with E-state index < -0.39 is 23.6 Å². The van der Waals surface area contributed by atoms with Crippen LogP contribution in [0, 0.1) is 0 Å². The quantitative estimate of drug-likeness (QED) is 0.648. The van der Waals surface area contributed by atoms with Crippen molar-refractivity contribution in [3.05, 3.63) is 88.7 Å². The SMILES string of the molecule is CC(NC(=O)c1cc2n(n1)CCN(Cc1ccccc1C(F)(F)F)C2=O)c1ccccc1. The lowest BCUT2D eigenvalue weighted by Gasteiger charge is -2.28. The van der Waals surface area contributed by atoms with E-state index >= 15 is 0 Å². The molecule has 1 unspecified atom stereocenters. The van der Waals surface area contributed by atoms with Gasteiger partial charge in [0, 0.05) is 19.2 Å². The normalized spacial score (nSPS) is 14.8. The molecule has 0 bridgehead atoms. The van der Waals surface area contributed by atoms with Crippen LogP contribution in [0.4, 0.5) is 13.2 Å². The van der Waals surface area contributed by atoms with Gasteiger partial charge < -0.3 is 10.2 Å². The summed E-state index contributed by atoms with van der Waals surface area (Å²) in [7, 11) is 0. The highest BCUT2D eigenvalue weighted by molar-refractivity contribution is 5.98. The number of nitrogens with one attached hydrogen (secondary N) is 1. The number of aromatic nitrogens is 2. The zero-order valence-corrected chi connectivity index (χ0v) is 17.3. The highest BCUT2D eigenvalue weighted by atomic mass is 19.4. The molecule has 4 rings (SSSR count). The Hall–Kier alpha value is -3.62. The van der Waals surface area contributed by atoms with Gasteiger partial charge in [0.15, 0.2) is 5.69 Å². The molecule has 9 heteroatoms. The summed E-state index contributed by atoms with van der Waals surface area (Å²) in [6, 6.07) is 15.7. The fraction of sp³-hybridized carbons (Fsp3) is 0.261. The van der Waals surface area contributed by atoms with Crippen molar-refractivity contribution in [2.75, 3.05) is 6.54 Å². The second kappa shape index (κ2) is 8.49. The Morgan fingerprint density at radius 3 is 2.50 bits per heavy atom. The first-order chi connectivity index (χ1) is 15.2. The summed E-state index contributed by atoms with van der Waals surface area (Å²) < 4.78 is 41.3. The Morgan fingerprint density at radius 2 is 1.78 bits per heavy atom. The number of carbonyl (C=O) groups excluding carboxylic acids is 2. The second-order valence-corrected chi connectivity index (χ2v) is 7.63. The number of hydrogen-bond donors (Lipinski definition) is 1. The maximum Gasteiger partial charge on any atom is 0.416 e. The maximum absolute atomic E-state index is 13.3. The number of nitrogens with zero attached hydrogens (tertiary/aromatic N) is 3. The molecule has 6 nitrogen and oxygen atoms in total. The molecule has 1 N–H and O–H groups in total. The van der Waals surface area contributed by atoms with Crippen LogP contribution in [0.5, 0.6) is 0 Å². The smallest absolute Gasteiger partial charge is 0.344 e. The fourth-order valence-electron chi connectivity index (χ4n) is 3.74. The zero-order valence-electron chi connectivity index (χ0n) is 17.3. The third-order valence-electron chi connectivity index (χ3n) is 5.43. The molecule has 2 aromatic carbocycles. The van der Waals surface area contributed by atoms with Crippen LogP contribution in [0.15, 0.2) is 60.7 Å². The van der Waals surface area contributed by atoms with Crippen molar-refractivity contribution in [3.8, 4) is 0 Å². The monoisotopic (exact) mass is 442 g/mol. The number of rotatable bonds is 5. The summed E-state index contributed by atoms with van der Waals surface area (Å²) in [5.74, 6) is -0.888. The Kier molecular flexibility index (Phi) is 5.73. The molecular formula is C23H21F3N4O2. The van der Waals surface area contributed by atoms with Crippen molar-refractivity contribution in [1.29, 1.82) is 0 Å². The number of hydrogen-bond acceptors (Lipinski definition) is 3. The zero-order chi connectivity index (χ0) is 22.9. The van der Waals surface area contributed by atoms with Crippen LogP contribution in [0.2, 0.25) is 0 Å². The molecule has 1 atom stereocenters. The van der Waals surface area contributed by atoms with Gasteiger partial charge in [0.25, 0.3) is 11.8 Å². The van der Waals surface area contributed by atoms with E-state index in [2.05, 4.69) is 10.4 Å². The average Bonchev–Trinajstić information content (AvgIpc) is 3.21. The average molecular weight is 442 g/mol. The van der Waals surface area contributed by atoms with Gasteiger partial charge in [-0.3, -0.25) is 14.3 Å². The Labute approximate surface area is 182 Å². The molecule has 2 amide bonds. The summed E-state index contributed by atoms with van der Waals surface area (Å²) in [6.07, 6.45) is -4.50. The van der Waals surface area contributed by atoms with E-state index in [9.17, 15) is 22.8 Å². The van der Waals surface area contributed by atoms with E-state index in [-0.39, 0.29) is 42.6 Å². The molecule has 3 aromatic rings. The van der Waals surface area contributed by atoms with Crippen molar-refractivity contribution in [2.24, 2.45) is 0 Å². The standard InChI is InChI=1S/C23H21F3N4O2/c1-15(16-7-3-2-4-8-16)27-21(31)19-13-20-22(32)29(11-12-30(20)28-19)14-17-9-5-6-10-18(17)23(24,25)26/h2-10,13,15H,11-12,14H2,1H3,(H,27,31). The van der Waals surface area contributed by atoms with E-state index in [1.807, 2.05) is 37.3 Å². The molecule has 0 radical (unpaired) electrons. The van der Waals surface area contributed by atoms with Crippen LogP contribution in [-0.2, 0) is 19.3 Å². The van der Waals surface area contributed by atoms with Crippen LogP contribution in [0.25, 0.3) is 0 Å². The highest BCUT2D eigenvalue weighted by Gasteiger charge is 2.35. The minimum atomic E-state index is -4.50. The predicted octanol–water partition coefficient (Wildman–Crippen LogP) is 4.05. The number of carbonyl (C=O) groups is 2. The van der Waals surface area contributed by atoms with Gasteiger partial charge in [0.2, 0.25) is 0 Å². The van der Waals surface area contributed by atoms with Gasteiger partial charge in [-0.1, -0.05) is 48.5 Å². The first-order valence-electron chi connectivity index (χ1n) is 10.1. The van der Waals surface area contributed by atoms with E-state index in [0.29, 0.717) is 0 Å². The molecule has 0 saturated heterocycles. The van der Waals surface area contributed by atoms with Gasteiger partial charge in [-0.25, -0.2) is 0 Å². The molecule has 0 aliphatic carbocycles. The largest absolute Gasteiger partial charge is 0.416 e. The molecular weight excluding hydrogens is 421 g/mol. The van der Waals surface area contributed by atoms with Crippen LogP contribution in [0.1, 0.15) is 50.6 Å². The van der Waals surface area contributed by atoms with Gasteiger partial charge in [0.1, 0.15) is 5.69 Å². The lowest BCUT2D eigenvalue weighted by Crippen LogP contribution is -2.40. The minimum Gasteiger partial charge on any atom is -0.344 e. The van der Waals surface area contributed by atoms with Crippen molar-refractivity contribution >= 4 is 11.8 Å². The second-order valence-electron chi connectivity index (χ2n) is 7.63. The highest BCUT2D eigenvalue weighted by Crippen LogP contribution is 2.32. The first kappa shape index (κ1) is 21.6. The molecule has 1 aromatic heterocycles. The van der Waals surface area contributed by atoms with Crippen molar-refractivity contribution in [1.82, 2.24) is 20.0 Å². The number of amides is 2. The summed E-state index contributed by atoms with van der Waals surface area (Å²) in [5, 5.41) is 7.07. The molecule has 1 aliphatic heterocycles. The first-order valence-corrected chi connectivity index (χ1v) is 10.1. The minimum absolute atomic E-state index is 0.0240. The Balaban J connectivity index is 1.50. The fourth-order valence-corrected chi connectivity index (χ4v) is 3.74. The number of benzene rings is 2. The van der Waals surface area contributed by atoms with Gasteiger partial charge in [0.05, 0.1) is 18.2 Å². The Morgan fingerprint density at radius 1 is 1.09 bits per heavy atom. The van der Waals surface area contributed by atoms with Crippen molar-refractivity contribution in [3.63, 3.8) is 0 Å². The topological polar surface area (TPSA) is 67.2 Å².